The Morgan fingerprint density at radius 3 is 2.93 bits per heavy atom. The maximum Gasteiger partial charge on any atom is 0.259 e. The van der Waals surface area contributed by atoms with Crippen molar-refractivity contribution in [3.8, 4) is 5.75 Å². The second kappa shape index (κ2) is 8.39. The number of carbonyl (C=O) groups excluding carboxylic acids is 1. The van der Waals surface area contributed by atoms with Gasteiger partial charge in [0.15, 0.2) is 0 Å². The minimum atomic E-state index is -0.152. The normalized spacial score (nSPS) is 19.3. The number of rotatable bonds is 6. The average Bonchev–Trinajstić information content (AvgIpc) is 3.41. The standard InChI is InChI=1S/C21H25N3O3/c25-21(19-9-4-10-22-20(19)24-11-1-2-12-24)23-16-6-3-7-17(14-16)27-15-18-8-5-13-26-18/h3-4,6-7,9-10,14,18H,1-2,5,8,11-13,15H2,(H,23,25). The minimum Gasteiger partial charge on any atom is -0.491 e. The molecule has 2 aliphatic heterocycles. The highest BCUT2D eigenvalue weighted by Crippen LogP contribution is 2.24. The largest absolute Gasteiger partial charge is 0.491 e. The van der Waals surface area contributed by atoms with E-state index in [1.165, 1.54) is 0 Å². The number of nitrogens with zero attached hydrogens (tertiary/aromatic N) is 2. The number of benzene rings is 1. The molecule has 142 valence electrons. The number of hydrogen-bond donors (Lipinski definition) is 1. The highest BCUT2D eigenvalue weighted by atomic mass is 16.5. The van der Waals surface area contributed by atoms with Gasteiger partial charge < -0.3 is 19.7 Å². The van der Waals surface area contributed by atoms with Gasteiger partial charge in [-0.15, -0.1) is 0 Å². The highest BCUT2D eigenvalue weighted by molar-refractivity contribution is 6.07. The molecule has 0 saturated carbocycles. The van der Waals surface area contributed by atoms with E-state index >= 15 is 0 Å². The third kappa shape index (κ3) is 4.39. The van der Waals surface area contributed by atoms with Gasteiger partial charge in [-0.05, 0) is 49.9 Å². The molecule has 2 aromatic rings. The number of amides is 1. The summed E-state index contributed by atoms with van der Waals surface area (Å²) in [6.07, 6.45) is 6.32. The lowest BCUT2D eigenvalue weighted by molar-refractivity contribution is 0.0680. The first-order valence-electron chi connectivity index (χ1n) is 9.65. The van der Waals surface area contributed by atoms with Crippen LogP contribution in [0.1, 0.15) is 36.0 Å². The van der Waals surface area contributed by atoms with Gasteiger partial charge in [0, 0.05) is 37.6 Å². The van der Waals surface area contributed by atoms with Gasteiger partial charge in [0.1, 0.15) is 18.2 Å². The second-order valence-corrected chi connectivity index (χ2v) is 7.00. The monoisotopic (exact) mass is 367 g/mol. The van der Waals surface area contributed by atoms with Crippen LogP contribution in [0, 0.1) is 0 Å². The zero-order valence-electron chi connectivity index (χ0n) is 15.4. The fourth-order valence-electron chi connectivity index (χ4n) is 3.58. The third-order valence-electron chi connectivity index (χ3n) is 4.99. The predicted octanol–water partition coefficient (Wildman–Crippen LogP) is 3.49. The molecule has 27 heavy (non-hydrogen) atoms. The van der Waals surface area contributed by atoms with Crippen LogP contribution in [0.2, 0.25) is 0 Å². The fourth-order valence-corrected chi connectivity index (χ4v) is 3.58. The van der Waals surface area contributed by atoms with Gasteiger partial charge in [-0.25, -0.2) is 4.98 Å². The minimum absolute atomic E-state index is 0.152. The first kappa shape index (κ1) is 17.8. The smallest absolute Gasteiger partial charge is 0.259 e. The maximum absolute atomic E-state index is 12.8. The van der Waals surface area contributed by atoms with E-state index in [4.69, 9.17) is 9.47 Å². The first-order valence-corrected chi connectivity index (χ1v) is 9.65. The molecule has 4 rings (SSSR count). The molecule has 3 heterocycles. The lowest BCUT2D eigenvalue weighted by Gasteiger charge is -2.19. The molecule has 2 fully saturated rings. The third-order valence-corrected chi connectivity index (χ3v) is 4.99. The number of aromatic nitrogens is 1. The van der Waals surface area contributed by atoms with Crippen LogP contribution in [0.5, 0.6) is 5.75 Å². The molecular weight excluding hydrogens is 342 g/mol. The van der Waals surface area contributed by atoms with Crippen molar-refractivity contribution in [2.24, 2.45) is 0 Å². The SMILES string of the molecule is O=C(Nc1cccc(OCC2CCCO2)c1)c1cccnc1N1CCCC1. The first-order chi connectivity index (χ1) is 13.3. The molecule has 6 nitrogen and oxygen atoms in total. The lowest BCUT2D eigenvalue weighted by Crippen LogP contribution is -2.24. The van der Waals surface area contributed by atoms with Gasteiger partial charge >= 0.3 is 0 Å². The van der Waals surface area contributed by atoms with Gasteiger partial charge in [0.25, 0.3) is 5.91 Å². The Hall–Kier alpha value is -2.60. The molecule has 0 aliphatic carbocycles. The van der Waals surface area contributed by atoms with Crippen molar-refractivity contribution in [3.63, 3.8) is 0 Å². The molecule has 0 radical (unpaired) electrons. The lowest BCUT2D eigenvalue weighted by atomic mass is 10.2. The zero-order valence-corrected chi connectivity index (χ0v) is 15.4. The Morgan fingerprint density at radius 2 is 2.11 bits per heavy atom. The predicted molar refractivity (Wildman–Crippen MR) is 105 cm³/mol. The van der Waals surface area contributed by atoms with Crippen LogP contribution in [0.15, 0.2) is 42.6 Å². The van der Waals surface area contributed by atoms with Crippen molar-refractivity contribution in [1.29, 1.82) is 0 Å². The van der Waals surface area contributed by atoms with Gasteiger partial charge in [0.2, 0.25) is 0 Å². The van der Waals surface area contributed by atoms with Crippen molar-refractivity contribution >= 4 is 17.4 Å². The summed E-state index contributed by atoms with van der Waals surface area (Å²) in [4.78, 5) is 19.4. The summed E-state index contributed by atoms with van der Waals surface area (Å²) >= 11 is 0. The van der Waals surface area contributed by atoms with Crippen LogP contribution in [0.4, 0.5) is 11.5 Å². The Bertz CT molecular complexity index is 784. The molecule has 1 aromatic heterocycles. The van der Waals surface area contributed by atoms with Crippen molar-refractivity contribution in [1.82, 2.24) is 4.98 Å². The molecule has 1 atom stereocenters. The number of nitrogens with one attached hydrogen (secondary N) is 1. The van der Waals surface area contributed by atoms with Crippen molar-refractivity contribution < 1.29 is 14.3 Å². The van der Waals surface area contributed by atoms with Crippen LogP contribution in [0.3, 0.4) is 0 Å². The Kier molecular flexibility index (Phi) is 5.53. The van der Waals surface area contributed by atoms with E-state index in [1.807, 2.05) is 30.3 Å². The number of ether oxygens (including phenoxy) is 2. The van der Waals surface area contributed by atoms with Crippen molar-refractivity contribution in [2.75, 3.05) is 36.5 Å². The van der Waals surface area contributed by atoms with Gasteiger partial charge in [0.05, 0.1) is 11.7 Å². The molecule has 1 N–H and O–H groups in total. The van der Waals surface area contributed by atoms with Gasteiger partial charge in [-0.2, -0.15) is 0 Å². The number of carbonyl (C=O) groups is 1. The Labute approximate surface area is 159 Å². The summed E-state index contributed by atoms with van der Waals surface area (Å²) in [5.74, 6) is 1.34. The van der Waals surface area contributed by atoms with E-state index in [1.54, 1.807) is 12.3 Å². The van der Waals surface area contributed by atoms with E-state index < -0.39 is 0 Å². The van der Waals surface area contributed by atoms with E-state index in [0.29, 0.717) is 17.9 Å². The second-order valence-electron chi connectivity index (χ2n) is 7.00. The molecule has 2 aliphatic rings. The van der Waals surface area contributed by atoms with Crippen LogP contribution < -0.4 is 15.0 Å². The molecule has 1 aromatic carbocycles. The Morgan fingerprint density at radius 1 is 1.22 bits per heavy atom. The van der Waals surface area contributed by atoms with Gasteiger partial charge in [-0.1, -0.05) is 6.07 Å². The molecular formula is C21H25N3O3. The van der Waals surface area contributed by atoms with Crippen LogP contribution in [-0.2, 0) is 4.74 Å². The maximum atomic E-state index is 12.8. The quantitative estimate of drug-likeness (QED) is 0.847. The molecule has 2 saturated heterocycles. The fraction of sp³-hybridized carbons (Fsp3) is 0.429. The molecule has 1 amide bonds. The Balaban J connectivity index is 1.43. The average molecular weight is 367 g/mol. The summed E-state index contributed by atoms with van der Waals surface area (Å²) < 4.78 is 11.4. The summed E-state index contributed by atoms with van der Waals surface area (Å²) in [6, 6.07) is 11.1. The topological polar surface area (TPSA) is 63.7 Å². The van der Waals surface area contributed by atoms with Crippen molar-refractivity contribution in [2.45, 2.75) is 31.8 Å². The molecule has 6 heteroatoms. The van der Waals surface area contributed by atoms with Gasteiger partial charge in [-0.3, -0.25) is 4.79 Å². The van der Waals surface area contributed by atoms with Crippen LogP contribution >= 0.6 is 0 Å². The zero-order chi connectivity index (χ0) is 18.5. The van der Waals surface area contributed by atoms with Crippen molar-refractivity contribution in [3.05, 3.63) is 48.2 Å². The number of anilines is 2. The van der Waals surface area contributed by atoms with E-state index in [-0.39, 0.29) is 12.0 Å². The number of pyridine rings is 1. The summed E-state index contributed by atoms with van der Waals surface area (Å²) in [6.45, 7) is 3.25. The van der Waals surface area contributed by atoms with Crippen LogP contribution in [-0.4, -0.2) is 43.3 Å². The summed E-state index contributed by atoms with van der Waals surface area (Å²) in [7, 11) is 0. The highest BCUT2D eigenvalue weighted by Gasteiger charge is 2.21. The van der Waals surface area contributed by atoms with E-state index in [0.717, 1.165) is 56.9 Å². The molecule has 0 bridgehead atoms. The van der Waals surface area contributed by atoms with Crippen LogP contribution in [0.25, 0.3) is 0 Å². The summed E-state index contributed by atoms with van der Waals surface area (Å²) in [5, 5.41) is 2.97. The van der Waals surface area contributed by atoms with E-state index in [2.05, 4.69) is 15.2 Å². The molecule has 1 unspecified atom stereocenters. The molecule has 0 spiro atoms. The van der Waals surface area contributed by atoms with E-state index in [9.17, 15) is 4.79 Å². The number of hydrogen-bond acceptors (Lipinski definition) is 5. The summed E-state index contributed by atoms with van der Waals surface area (Å²) in [5.41, 5.74) is 1.31.